The number of carbonyl (C=O) groups is 2. The van der Waals surface area contributed by atoms with Crippen molar-refractivity contribution in [2.75, 3.05) is 13.1 Å². The lowest BCUT2D eigenvalue weighted by molar-refractivity contribution is -0.145. The highest BCUT2D eigenvalue weighted by molar-refractivity contribution is 5.77. The molecular formula is C14H16FNO3. The molecule has 19 heavy (non-hydrogen) atoms. The highest BCUT2D eigenvalue weighted by Gasteiger charge is 2.31. The number of amides is 1. The maximum absolute atomic E-state index is 12.7. The third-order valence-corrected chi connectivity index (χ3v) is 3.31. The average molecular weight is 265 g/mol. The second-order valence-electron chi connectivity index (χ2n) is 4.89. The summed E-state index contributed by atoms with van der Waals surface area (Å²) in [6, 6.07) is 6.11. The van der Waals surface area contributed by atoms with Gasteiger partial charge in [0.2, 0.25) is 5.91 Å². The number of nitrogens with zero attached hydrogens (tertiary/aromatic N) is 1. The average Bonchev–Trinajstić information content (AvgIpc) is 2.32. The van der Waals surface area contributed by atoms with Crippen LogP contribution in [0.1, 0.15) is 18.4 Å². The fourth-order valence-corrected chi connectivity index (χ4v) is 2.21. The molecule has 0 saturated carbocycles. The van der Waals surface area contributed by atoms with Gasteiger partial charge in [-0.05, 0) is 24.1 Å². The summed E-state index contributed by atoms with van der Waals surface area (Å²) in [5.74, 6) is -0.976. The first-order valence-corrected chi connectivity index (χ1v) is 6.28. The lowest BCUT2D eigenvalue weighted by atomic mass is 9.95. The van der Waals surface area contributed by atoms with Gasteiger partial charge in [0, 0.05) is 25.4 Å². The Bertz CT molecular complexity index is 466. The van der Waals surface area contributed by atoms with E-state index in [1.54, 1.807) is 17.0 Å². The number of hydrogen-bond donors (Lipinski definition) is 1. The maximum atomic E-state index is 12.7. The van der Waals surface area contributed by atoms with E-state index in [1.165, 1.54) is 12.1 Å². The Hall–Kier alpha value is -1.91. The number of aliphatic carboxylic acids is 1. The van der Waals surface area contributed by atoms with E-state index in [2.05, 4.69) is 0 Å². The Labute approximate surface area is 110 Å². The van der Waals surface area contributed by atoms with Gasteiger partial charge in [-0.25, -0.2) is 4.39 Å². The van der Waals surface area contributed by atoms with Gasteiger partial charge >= 0.3 is 5.97 Å². The van der Waals surface area contributed by atoms with Crippen molar-refractivity contribution in [3.05, 3.63) is 35.6 Å². The summed E-state index contributed by atoms with van der Waals surface area (Å²) in [4.78, 5) is 24.0. The summed E-state index contributed by atoms with van der Waals surface area (Å²) in [6.07, 6.45) is 1.09. The van der Waals surface area contributed by atoms with Gasteiger partial charge in [0.1, 0.15) is 5.82 Å². The number of carboxylic acid groups (broad SMARTS) is 1. The monoisotopic (exact) mass is 265 g/mol. The van der Waals surface area contributed by atoms with E-state index in [9.17, 15) is 14.0 Å². The molecule has 0 bridgehead atoms. The number of likely N-dealkylation sites (tertiary alicyclic amines) is 1. The summed E-state index contributed by atoms with van der Waals surface area (Å²) in [6.45, 7) is 1.07. The molecule has 5 heteroatoms. The van der Waals surface area contributed by atoms with Gasteiger partial charge in [-0.15, -0.1) is 0 Å². The first-order chi connectivity index (χ1) is 9.04. The van der Waals surface area contributed by atoms with Crippen LogP contribution in [0.5, 0.6) is 0 Å². The van der Waals surface area contributed by atoms with Crippen molar-refractivity contribution in [2.24, 2.45) is 5.92 Å². The molecule has 0 aromatic heterocycles. The van der Waals surface area contributed by atoms with Crippen LogP contribution < -0.4 is 0 Å². The minimum atomic E-state index is -0.816. The highest BCUT2D eigenvalue weighted by Crippen LogP contribution is 2.20. The van der Waals surface area contributed by atoms with E-state index >= 15 is 0 Å². The number of carbonyl (C=O) groups excluding carboxylic acids is 1. The molecule has 2 rings (SSSR count). The van der Waals surface area contributed by atoms with Gasteiger partial charge in [-0.2, -0.15) is 0 Å². The second-order valence-corrected chi connectivity index (χ2v) is 4.89. The molecule has 1 amide bonds. The van der Waals surface area contributed by atoms with Crippen LogP contribution in [0.25, 0.3) is 0 Å². The van der Waals surface area contributed by atoms with E-state index < -0.39 is 5.97 Å². The van der Waals surface area contributed by atoms with Crippen LogP contribution in [0.4, 0.5) is 4.39 Å². The van der Waals surface area contributed by atoms with E-state index in [4.69, 9.17) is 5.11 Å². The summed E-state index contributed by atoms with van der Waals surface area (Å²) in [7, 11) is 0. The van der Waals surface area contributed by atoms with Gasteiger partial charge in [0.05, 0.1) is 6.42 Å². The van der Waals surface area contributed by atoms with Crippen molar-refractivity contribution >= 4 is 11.9 Å². The van der Waals surface area contributed by atoms with Crippen molar-refractivity contribution < 1.29 is 19.1 Å². The second kappa shape index (κ2) is 5.82. The van der Waals surface area contributed by atoms with Gasteiger partial charge in [-0.1, -0.05) is 12.1 Å². The quantitative estimate of drug-likeness (QED) is 0.881. The number of carboxylic acids is 1. The smallest absolute Gasteiger partial charge is 0.303 e. The molecule has 1 aromatic rings. The summed E-state index contributed by atoms with van der Waals surface area (Å²) >= 11 is 0. The molecule has 1 aromatic carbocycles. The van der Waals surface area contributed by atoms with Crippen molar-refractivity contribution in [1.82, 2.24) is 4.90 Å². The van der Waals surface area contributed by atoms with Crippen LogP contribution in [0.3, 0.4) is 0 Å². The third-order valence-electron chi connectivity index (χ3n) is 3.31. The lowest BCUT2D eigenvalue weighted by Gasteiger charge is -2.38. The van der Waals surface area contributed by atoms with Crippen molar-refractivity contribution in [2.45, 2.75) is 19.3 Å². The zero-order chi connectivity index (χ0) is 13.8. The fourth-order valence-electron chi connectivity index (χ4n) is 2.21. The molecule has 102 valence electrons. The molecule has 1 aliphatic rings. The topological polar surface area (TPSA) is 57.6 Å². The Balaban J connectivity index is 1.71. The lowest BCUT2D eigenvalue weighted by Crippen LogP contribution is -2.50. The summed E-state index contributed by atoms with van der Waals surface area (Å²) in [5.41, 5.74) is 0.928. The number of hydrogen-bond acceptors (Lipinski definition) is 2. The molecule has 0 aliphatic carbocycles. The van der Waals surface area contributed by atoms with Crippen LogP contribution in [-0.2, 0) is 16.0 Å². The molecule has 0 atom stereocenters. The van der Waals surface area contributed by atoms with Gasteiger partial charge in [0.25, 0.3) is 0 Å². The van der Waals surface area contributed by atoms with E-state index in [0.717, 1.165) is 5.56 Å². The Morgan fingerprint density at radius 1 is 1.26 bits per heavy atom. The number of aryl methyl sites for hydroxylation is 1. The Kier molecular flexibility index (Phi) is 4.14. The fraction of sp³-hybridized carbons (Fsp3) is 0.429. The van der Waals surface area contributed by atoms with Crippen LogP contribution >= 0.6 is 0 Å². The van der Waals surface area contributed by atoms with E-state index in [1.807, 2.05) is 0 Å². The Morgan fingerprint density at radius 3 is 2.47 bits per heavy atom. The minimum absolute atomic E-state index is 0.0333. The molecule has 4 nitrogen and oxygen atoms in total. The van der Waals surface area contributed by atoms with E-state index in [0.29, 0.717) is 25.9 Å². The van der Waals surface area contributed by atoms with Crippen molar-refractivity contribution in [1.29, 1.82) is 0 Å². The van der Waals surface area contributed by atoms with Crippen LogP contribution in [0.2, 0.25) is 0 Å². The predicted octanol–water partition coefficient (Wildman–Crippen LogP) is 1.69. The number of rotatable bonds is 5. The first kappa shape index (κ1) is 13.5. The normalized spacial score (nSPS) is 15.1. The van der Waals surface area contributed by atoms with E-state index in [-0.39, 0.29) is 24.1 Å². The SMILES string of the molecule is O=C(O)CC1CN(C(=O)CCc2ccc(F)cc2)C1. The van der Waals surface area contributed by atoms with Crippen molar-refractivity contribution in [3.63, 3.8) is 0 Å². The van der Waals surface area contributed by atoms with Crippen LogP contribution in [0.15, 0.2) is 24.3 Å². The molecule has 0 radical (unpaired) electrons. The number of benzene rings is 1. The number of halogens is 1. The highest BCUT2D eigenvalue weighted by atomic mass is 19.1. The van der Waals surface area contributed by atoms with Gasteiger partial charge in [-0.3, -0.25) is 9.59 Å². The first-order valence-electron chi connectivity index (χ1n) is 6.28. The molecule has 1 N–H and O–H groups in total. The molecule has 1 fully saturated rings. The minimum Gasteiger partial charge on any atom is -0.481 e. The largest absolute Gasteiger partial charge is 0.481 e. The van der Waals surface area contributed by atoms with Crippen molar-refractivity contribution in [3.8, 4) is 0 Å². The maximum Gasteiger partial charge on any atom is 0.303 e. The molecule has 0 spiro atoms. The molecule has 1 heterocycles. The summed E-state index contributed by atoms with van der Waals surface area (Å²) in [5, 5.41) is 8.61. The van der Waals surface area contributed by atoms with Crippen LogP contribution in [0, 0.1) is 11.7 Å². The third kappa shape index (κ3) is 3.77. The molecule has 1 aliphatic heterocycles. The predicted molar refractivity (Wildman–Crippen MR) is 67.0 cm³/mol. The zero-order valence-electron chi connectivity index (χ0n) is 10.5. The zero-order valence-corrected chi connectivity index (χ0v) is 10.5. The Morgan fingerprint density at radius 2 is 1.89 bits per heavy atom. The molecular weight excluding hydrogens is 249 g/mol. The standard InChI is InChI=1S/C14H16FNO3/c15-12-4-1-10(2-5-12)3-6-13(17)16-8-11(9-16)7-14(18)19/h1-2,4-5,11H,3,6-9H2,(H,18,19). The van der Waals surface area contributed by atoms with Gasteiger partial charge in [0.15, 0.2) is 0 Å². The van der Waals surface area contributed by atoms with Crippen LogP contribution in [-0.4, -0.2) is 35.0 Å². The van der Waals surface area contributed by atoms with Gasteiger partial charge < -0.3 is 10.0 Å². The molecule has 0 unspecified atom stereocenters. The summed E-state index contributed by atoms with van der Waals surface area (Å²) < 4.78 is 12.7. The molecule has 1 saturated heterocycles.